The Morgan fingerprint density at radius 2 is 2.43 bits per heavy atom. The molecule has 1 aromatic rings. The van der Waals surface area contributed by atoms with Crippen LogP contribution in [-0.2, 0) is 11.3 Å². The molecule has 0 saturated carbocycles. The maximum absolute atomic E-state index is 10.4. The van der Waals surface area contributed by atoms with Crippen molar-refractivity contribution in [2.24, 2.45) is 0 Å². The average Bonchev–Trinajstić information content (AvgIpc) is 2.64. The van der Waals surface area contributed by atoms with Gasteiger partial charge in [-0.3, -0.25) is 9.69 Å². The highest BCUT2D eigenvalue weighted by Crippen LogP contribution is 2.02. The number of aliphatic carboxylic acids is 1. The summed E-state index contributed by atoms with van der Waals surface area (Å²) in [6.07, 6.45) is 2.08. The summed E-state index contributed by atoms with van der Waals surface area (Å²) in [5.41, 5.74) is 1.12. The van der Waals surface area contributed by atoms with E-state index in [1.165, 1.54) is 0 Å². The number of H-pyrrole nitrogens is 1. The highest BCUT2D eigenvalue weighted by atomic mass is 16.4. The molecule has 1 rings (SSSR count). The summed E-state index contributed by atoms with van der Waals surface area (Å²) in [6.45, 7) is 4.29. The number of carboxylic acid groups (broad SMARTS) is 1. The van der Waals surface area contributed by atoms with Crippen molar-refractivity contribution in [2.45, 2.75) is 19.9 Å². The van der Waals surface area contributed by atoms with Crippen LogP contribution in [-0.4, -0.2) is 34.0 Å². The van der Waals surface area contributed by atoms with E-state index in [0.29, 0.717) is 6.54 Å². The van der Waals surface area contributed by atoms with Crippen LogP contribution in [0.25, 0.3) is 0 Å². The molecule has 0 amide bonds. The van der Waals surface area contributed by atoms with Crippen LogP contribution in [0.4, 0.5) is 0 Å². The smallest absolute Gasteiger partial charge is 0.304 e. The molecule has 14 heavy (non-hydrogen) atoms. The zero-order valence-electron chi connectivity index (χ0n) is 8.36. The Morgan fingerprint density at radius 3 is 2.93 bits per heavy atom. The van der Waals surface area contributed by atoms with Crippen molar-refractivity contribution in [3.63, 3.8) is 0 Å². The predicted molar refractivity (Wildman–Crippen MR) is 54.0 cm³/mol. The first-order chi connectivity index (χ1) is 6.72. The number of carboxylic acids is 1. The number of hydrogen-bond acceptors (Lipinski definition) is 2. The summed E-state index contributed by atoms with van der Waals surface area (Å²) >= 11 is 0. The van der Waals surface area contributed by atoms with Crippen LogP contribution >= 0.6 is 0 Å². The van der Waals surface area contributed by atoms with Gasteiger partial charge in [0.05, 0.1) is 6.42 Å². The van der Waals surface area contributed by atoms with Gasteiger partial charge in [-0.15, -0.1) is 0 Å². The molecular weight excluding hydrogens is 180 g/mol. The minimum Gasteiger partial charge on any atom is -0.481 e. The summed E-state index contributed by atoms with van der Waals surface area (Å²) in [4.78, 5) is 15.6. The van der Waals surface area contributed by atoms with Crippen molar-refractivity contribution in [1.29, 1.82) is 0 Å². The molecule has 1 aromatic heterocycles. The molecule has 4 heteroatoms. The van der Waals surface area contributed by atoms with Crippen LogP contribution in [0.5, 0.6) is 0 Å². The predicted octanol–water partition coefficient (Wildman–Crippen LogP) is 1.31. The largest absolute Gasteiger partial charge is 0.481 e. The van der Waals surface area contributed by atoms with Gasteiger partial charge in [0.15, 0.2) is 0 Å². The fraction of sp³-hybridized carbons (Fsp3) is 0.500. The Hall–Kier alpha value is -1.29. The third-order valence-electron chi connectivity index (χ3n) is 2.15. The van der Waals surface area contributed by atoms with Crippen molar-refractivity contribution in [1.82, 2.24) is 9.88 Å². The lowest BCUT2D eigenvalue weighted by Gasteiger charge is -2.18. The van der Waals surface area contributed by atoms with Crippen molar-refractivity contribution in [2.75, 3.05) is 13.1 Å². The van der Waals surface area contributed by atoms with Gasteiger partial charge >= 0.3 is 5.97 Å². The van der Waals surface area contributed by atoms with Gasteiger partial charge in [-0.2, -0.15) is 0 Å². The van der Waals surface area contributed by atoms with E-state index >= 15 is 0 Å². The number of aromatic amines is 1. The summed E-state index contributed by atoms with van der Waals surface area (Å²) in [6, 6.07) is 3.95. The molecule has 78 valence electrons. The molecule has 0 bridgehead atoms. The number of carbonyl (C=O) groups is 1. The Kier molecular flexibility index (Phi) is 4.19. The Morgan fingerprint density at radius 1 is 1.64 bits per heavy atom. The van der Waals surface area contributed by atoms with E-state index in [1.54, 1.807) is 0 Å². The van der Waals surface area contributed by atoms with E-state index in [4.69, 9.17) is 5.11 Å². The first-order valence-electron chi connectivity index (χ1n) is 4.78. The summed E-state index contributed by atoms with van der Waals surface area (Å²) in [7, 11) is 0. The van der Waals surface area contributed by atoms with Crippen molar-refractivity contribution in [3.8, 4) is 0 Å². The number of hydrogen-bond donors (Lipinski definition) is 2. The number of nitrogens with zero attached hydrogens (tertiary/aromatic N) is 1. The second kappa shape index (κ2) is 5.44. The monoisotopic (exact) mass is 196 g/mol. The molecule has 0 fully saturated rings. The van der Waals surface area contributed by atoms with Gasteiger partial charge in [-0.25, -0.2) is 0 Å². The lowest BCUT2D eigenvalue weighted by Crippen LogP contribution is -2.25. The van der Waals surface area contributed by atoms with Crippen molar-refractivity contribution in [3.05, 3.63) is 24.0 Å². The van der Waals surface area contributed by atoms with E-state index in [-0.39, 0.29) is 6.42 Å². The van der Waals surface area contributed by atoms with Crippen LogP contribution in [0.1, 0.15) is 19.0 Å². The molecular formula is C10H16N2O2. The molecule has 0 atom stereocenters. The van der Waals surface area contributed by atoms with Crippen LogP contribution in [0.15, 0.2) is 18.3 Å². The third-order valence-corrected chi connectivity index (χ3v) is 2.15. The van der Waals surface area contributed by atoms with Crippen molar-refractivity contribution >= 4 is 5.97 Å². The fourth-order valence-corrected chi connectivity index (χ4v) is 1.31. The minimum atomic E-state index is -0.741. The Bertz CT molecular complexity index is 270. The van der Waals surface area contributed by atoms with Crippen LogP contribution in [0, 0.1) is 0 Å². The van der Waals surface area contributed by atoms with Crippen LogP contribution < -0.4 is 0 Å². The second-order valence-corrected chi connectivity index (χ2v) is 3.21. The van der Waals surface area contributed by atoms with Crippen LogP contribution in [0.2, 0.25) is 0 Å². The summed E-state index contributed by atoms with van der Waals surface area (Å²) in [5, 5.41) is 8.55. The van der Waals surface area contributed by atoms with Gasteiger partial charge in [0.2, 0.25) is 0 Å². The maximum atomic E-state index is 10.4. The minimum absolute atomic E-state index is 0.203. The SMILES string of the molecule is CCN(CCC(=O)O)Cc1ccc[nH]1. The molecule has 0 radical (unpaired) electrons. The summed E-state index contributed by atoms with van der Waals surface area (Å²) in [5.74, 6) is -0.741. The van der Waals surface area contributed by atoms with Crippen LogP contribution in [0.3, 0.4) is 0 Å². The van der Waals surface area contributed by atoms with E-state index in [0.717, 1.165) is 18.8 Å². The Labute approximate surface area is 83.5 Å². The van der Waals surface area contributed by atoms with Crippen molar-refractivity contribution < 1.29 is 9.90 Å². The van der Waals surface area contributed by atoms with E-state index in [1.807, 2.05) is 25.3 Å². The van der Waals surface area contributed by atoms with E-state index in [2.05, 4.69) is 9.88 Å². The second-order valence-electron chi connectivity index (χ2n) is 3.21. The zero-order valence-corrected chi connectivity index (χ0v) is 8.36. The van der Waals surface area contributed by atoms with Gasteiger partial charge in [-0.1, -0.05) is 6.92 Å². The fourth-order valence-electron chi connectivity index (χ4n) is 1.31. The normalized spacial score (nSPS) is 10.7. The number of nitrogens with one attached hydrogen (secondary N) is 1. The lowest BCUT2D eigenvalue weighted by atomic mass is 10.3. The molecule has 2 N–H and O–H groups in total. The molecule has 0 unspecified atom stereocenters. The topological polar surface area (TPSA) is 56.3 Å². The van der Waals surface area contributed by atoms with Gasteiger partial charge in [0, 0.05) is 25.0 Å². The number of aromatic nitrogens is 1. The highest BCUT2D eigenvalue weighted by molar-refractivity contribution is 5.66. The maximum Gasteiger partial charge on any atom is 0.304 e. The zero-order chi connectivity index (χ0) is 10.4. The highest BCUT2D eigenvalue weighted by Gasteiger charge is 2.06. The molecule has 0 aromatic carbocycles. The van der Waals surface area contributed by atoms with Gasteiger partial charge in [-0.05, 0) is 18.7 Å². The quantitative estimate of drug-likeness (QED) is 0.721. The Balaban J connectivity index is 2.35. The average molecular weight is 196 g/mol. The summed E-state index contributed by atoms with van der Waals surface area (Å²) < 4.78 is 0. The van der Waals surface area contributed by atoms with E-state index in [9.17, 15) is 4.79 Å². The molecule has 0 aliphatic carbocycles. The molecule has 0 saturated heterocycles. The molecule has 0 spiro atoms. The van der Waals surface area contributed by atoms with Gasteiger partial charge < -0.3 is 10.1 Å². The van der Waals surface area contributed by atoms with E-state index < -0.39 is 5.97 Å². The molecule has 1 heterocycles. The van der Waals surface area contributed by atoms with Gasteiger partial charge in [0.1, 0.15) is 0 Å². The molecule has 4 nitrogen and oxygen atoms in total. The van der Waals surface area contributed by atoms with Gasteiger partial charge in [0.25, 0.3) is 0 Å². The number of rotatable bonds is 6. The first kappa shape index (κ1) is 10.8. The standard InChI is InChI=1S/C10H16N2O2/c1-2-12(7-5-10(13)14)8-9-4-3-6-11-9/h3-4,6,11H,2,5,7-8H2,1H3,(H,13,14). The first-order valence-corrected chi connectivity index (χ1v) is 4.78. The lowest BCUT2D eigenvalue weighted by molar-refractivity contribution is -0.137. The molecule has 0 aliphatic heterocycles. The molecule has 0 aliphatic rings. The third kappa shape index (κ3) is 3.62.